The molecule has 0 radical (unpaired) electrons. The summed E-state index contributed by atoms with van der Waals surface area (Å²) in [4.78, 5) is 25.1. The minimum atomic E-state index is -3.82. The molecular formula is C23H22Cl2N4O4S. The maximum absolute atomic E-state index is 13.1. The van der Waals surface area contributed by atoms with Crippen LogP contribution in [0.4, 0.5) is 5.69 Å². The third kappa shape index (κ3) is 5.02. The van der Waals surface area contributed by atoms with Crippen LogP contribution in [0.5, 0.6) is 0 Å². The zero-order valence-electron chi connectivity index (χ0n) is 18.3. The summed E-state index contributed by atoms with van der Waals surface area (Å²) >= 11 is 11.7. The molecule has 4 rings (SSSR count). The molecule has 1 aliphatic carbocycles. The summed E-state index contributed by atoms with van der Waals surface area (Å²) in [5.74, 6) is -0.434. The molecule has 0 spiro atoms. The monoisotopic (exact) mass is 520 g/mol. The Morgan fingerprint density at radius 3 is 2.59 bits per heavy atom. The number of hydrogen-bond donors (Lipinski definition) is 2. The van der Waals surface area contributed by atoms with Crippen LogP contribution in [0.2, 0.25) is 10.0 Å². The van der Waals surface area contributed by atoms with Crippen LogP contribution in [0.15, 0.2) is 64.4 Å². The maximum atomic E-state index is 13.1. The number of nitrogens with zero attached hydrogens (tertiary/aromatic N) is 2. The fraction of sp³-hybridized carbons (Fsp3) is 0.261. The summed E-state index contributed by atoms with van der Waals surface area (Å²) in [6, 6.07) is 13.1. The van der Waals surface area contributed by atoms with E-state index in [4.69, 9.17) is 23.2 Å². The molecule has 2 aromatic carbocycles. The van der Waals surface area contributed by atoms with Crippen molar-refractivity contribution in [1.29, 1.82) is 0 Å². The molecule has 1 fully saturated rings. The summed E-state index contributed by atoms with van der Waals surface area (Å²) in [5.41, 5.74) is 1.20. The maximum Gasteiger partial charge on any atom is 0.287 e. The van der Waals surface area contributed by atoms with Gasteiger partial charge in [-0.25, -0.2) is 17.8 Å². The minimum absolute atomic E-state index is 0.0124. The van der Waals surface area contributed by atoms with Crippen LogP contribution in [-0.4, -0.2) is 30.1 Å². The molecule has 34 heavy (non-hydrogen) atoms. The van der Waals surface area contributed by atoms with Gasteiger partial charge < -0.3 is 5.32 Å². The highest BCUT2D eigenvalue weighted by Crippen LogP contribution is 2.41. The molecule has 1 amide bonds. The van der Waals surface area contributed by atoms with Gasteiger partial charge in [-0.2, -0.15) is 5.10 Å². The summed E-state index contributed by atoms with van der Waals surface area (Å²) < 4.78 is 29.8. The molecule has 11 heteroatoms. The molecule has 1 aromatic heterocycles. The average molecular weight is 521 g/mol. The van der Waals surface area contributed by atoms with Crippen molar-refractivity contribution in [2.45, 2.75) is 43.2 Å². The third-order valence-corrected chi connectivity index (χ3v) is 8.10. The van der Waals surface area contributed by atoms with E-state index in [0.29, 0.717) is 5.56 Å². The van der Waals surface area contributed by atoms with Crippen LogP contribution < -0.4 is 15.6 Å². The normalized spacial score (nSPS) is 18.4. The van der Waals surface area contributed by atoms with Crippen LogP contribution in [-0.2, 0) is 14.8 Å². The van der Waals surface area contributed by atoms with Gasteiger partial charge in [0, 0.05) is 17.6 Å². The van der Waals surface area contributed by atoms with Crippen molar-refractivity contribution in [3.05, 3.63) is 86.3 Å². The SMILES string of the molecule is Cc1ccc(NC(=O)[C@@H](C)n2ncc(Cl)c(Cl)c2=O)cc1S(=O)(=O)NC1CC1c1ccccc1. The number of aromatic nitrogens is 2. The van der Waals surface area contributed by atoms with E-state index in [9.17, 15) is 18.0 Å². The molecule has 0 aliphatic heterocycles. The lowest BCUT2D eigenvalue weighted by molar-refractivity contribution is -0.119. The van der Waals surface area contributed by atoms with Gasteiger partial charge in [0.25, 0.3) is 5.56 Å². The zero-order valence-corrected chi connectivity index (χ0v) is 20.7. The van der Waals surface area contributed by atoms with Crippen molar-refractivity contribution in [3.63, 3.8) is 0 Å². The van der Waals surface area contributed by atoms with Gasteiger partial charge >= 0.3 is 0 Å². The van der Waals surface area contributed by atoms with Crippen LogP contribution >= 0.6 is 23.2 Å². The number of sulfonamides is 1. The van der Waals surface area contributed by atoms with E-state index in [0.717, 1.165) is 16.7 Å². The highest BCUT2D eigenvalue weighted by molar-refractivity contribution is 7.89. The Balaban J connectivity index is 1.50. The number of carbonyl (C=O) groups is 1. The number of carbonyl (C=O) groups excluding carboxylic acids is 1. The number of halogens is 2. The molecule has 0 bridgehead atoms. The molecule has 8 nitrogen and oxygen atoms in total. The summed E-state index contributed by atoms with van der Waals surface area (Å²) in [6.45, 7) is 3.15. The lowest BCUT2D eigenvalue weighted by atomic mass is 10.1. The fourth-order valence-corrected chi connectivity index (χ4v) is 5.50. The molecule has 2 unspecified atom stereocenters. The second-order valence-corrected chi connectivity index (χ2v) is 10.6. The first-order valence-corrected chi connectivity index (χ1v) is 12.7. The van der Waals surface area contributed by atoms with Crippen LogP contribution in [0.3, 0.4) is 0 Å². The van der Waals surface area contributed by atoms with Crippen molar-refractivity contribution < 1.29 is 13.2 Å². The first-order chi connectivity index (χ1) is 16.1. The molecule has 3 aromatic rings. The van der Waals surface area contributed by atoms with Crippen LogP contribution in [0.1, 0.15) is 36.4 Å². The molecular weight excluding hydrogens is 499 g/mol. The van der Waals surface area contributed by atoms with E-state index in [1.165, 1.54) is 19.2 Å². The first kappa shape index (κ1) is 24.4. The van der Waals surface area contributed by atoms with Crippen molar-refractivity contribution in [2.24, 2.45) is 0 Å². The predicted octanol–water partition coefficient (Wildman–Crippen LogP) is 3.89. The van der Waals surface area contributed by atoms with Crippen molar-refractivity contribution >= 4 is 44.8 Å². The second kappa shape index (κ2) is 9.50. The number of aryl methyl sites for hydroxylation is 1. The van der Waals surface area contributed by atoms with E-state index in [2.05, 4.69) is 15.1 Å². The largest absolute Gasteiger partial charge is 0.324 e. The van der Waals surface area contributed by atoms with Gasteiger partial charge in [-0.15, -0.1) is 0 Å². The molecule has 178 valence electrons. The van der Waals surface area contributed by atoms with E-state index in [-0.39, 0.29) is 32.6 Å². The number of anilines is 1. The Morgan fingerprint density at radius 1 is 1.18 bits per heavy atom. The average Bonchev–Trinajstić information content (AvgIpc) is 3.57. The topological polar surface area (TPSA) is 110 Å². The Bertz CT molecular complexity index is 1410. The quantitative estimate of drug-likeness (QED) is 0.490. The lowest BCUT2D eigenvalue weighted by Gasteiger charge is -2.16. The van der Waals surface area contributed by atoms with Gasteiger partial charge in [0.2, 0.25) is 15.9 Å². The van der Waals surface area contributed by atoms with Crippen molar-refractivity contribution in [1.82, 2.24) is 14.5 Å². The summed E-state index contributed by atoms with van der Waals surface area (Å²) in [7, 11) is -3.82. The Morgan fingerprint density at radius 2 is 1.88 bits per heavy atom. The third-order valence-electron chi connectivity index (χ3n) is 5.72. The standard InChI is InChI=1S/C23H22Cl2N4O4S/c1-13-8-9-16(27-22(30)14(2)29-23(31)21(25)18(24)12-26-29)10-20(13)34(32,33)28-19-11-17(19)15-6-4-3-5-7-15/h3-10,12,14,17,19,28H,11H2,1-2H3,(H,27,30)/t14-,17?,19?/m1/s1. The predicted molar refractivity (Wildman–Crippen MR) is 131 cm³/mol. The highest BCUT2D eigenvalue weighted by atomic mass is 35.5. The van der Waals surface area contributed by atoms with Gasteiger partial charge in [0.15, 0.2) is 0 Å². The van der Waals surface area contributed by atoms with Gasteiger partial charge in [-0.1, -0.05) is 59.6 Å². The summed E-state index contributed by atoms with van der Waals surface area (Å²) in [5, 5.41) is 6.25. The van der Waals surface area contributed by atoms with E-state index < -0.39 is 27.5 Å². The lowest BCUT2D eigenvalue weighted by Crippen LogP contribution is -2.33. The molecule has 3 atom stereocenters. The van der Waals surface area contributed by atoms with E-state index in [1.54, 1.807) is 19.1 Å². The van der Waals surface area contributed by atoms with Gasteiger partial charge in [-0.3, -0.25) is 9.59 Å². The second-order valence-electron chi connectivity index (χ2n) is 8.18. The van der Waals surface area contributed by atoms with Crippen LogP contribution in [0.25, 0.3) is 0 Å². The molecule has 1 heterocycles. The fourth-order valence-electron chi connectivity index (χ4n) is 3.68. The van der Waals surface area contributed by atoms with Gasteiger partial charge in [0.05, 0.1) is 16.1 Å². The minimum Gasteiger partial charge on any atom is -0.324 e. The number of rotatable bonds is 7. The zero-order chi connectivity index (χ0) is 24.6. The Labute approximate surface area is 207 Å². The molecule has 1 saturated carbocycles. The smallest absolute Gasteiger partial charge is 0.287 e. The number of nitrogens with one attached hydrogen (secondary N) is 2. The summed E-state index contributed by atoms with van der Waals surface area (Å²) in [6.07, 6.45) is 1.90. The Hall–Kier alpha value is -2.72. The molecule has 2 N–H and O–H groups in total. The van der Waals surface area contributed by atoms with Crippen molar-refractivity contribution in [2.75, 3.05) is 5.32 Å². The highest BCUT2D eigenvalue weighted by Gasteiger charge is 2.41. The number of benzene rings is 2. The van der Waals surface area contributed by atoms with E-state index >= 15 is 0 Å². The number of hydrogen-bond acceptors (Lipinski definition) is 5. The number of amides is 1. The van der Waals surface area contributed by atoms with Gasteiger partial charge in [0.1, 0.15) is 11.1 Å². The van der Waals surface area contributed by atoms with Crippen LogP contribution in [0, 0.1) is 6.92 Å². The van der Waals surface area contributed by atoms with Crippen molar-refractivity contribution in [3.8, 4) is 0 Å². The molecule has 0 saturated heterocycles. The Kier molecular flexibility index (Phi) is 6.82. The molecule has 1 aliphatic rings. The van der Waals surface area contributed by atoms with E-state index in [1.807, 2.05) is 30.3 Å². The first-order valence-electron chi connectivity index (χ1n) is 10.5. The van der Waals surface area contributed by atoms with Gasteiger partial charge in [-0.05, 0) is 43.5 Å².